The Kier molecular flexibility index (Phi) is 6.30. The molecule has 2 fully saturated rings. The number of nitrogens with one attached hydrogen (secondary N) is 1. The van der Waals surface area contributed by atoms with Crippen LogP contribution in [0.4, 0.5) is 0 Å². The van der Waals surface area contributed by atoms with Gasteiger partial charge < -0.3 is 15.0 Å². The number of nitrogens with zero attached hydrogens (tertiary/aromatic N) is 1. The van der Waals surface area contributed by atoms with Crippen LogP contribution in [0, 0.1) is 5.92 Å². The second-order valence-electron chi connectivity index (χ2n) is 6.18. The highest BCUT2D eigenvalue weighted by atomic mass is 16.5. The third-order valence-corrected chi connectivity index (χ3v) is 4.82. The molecule has 1 aliphatic carbocycles. The number of piperidine rings is 1. The summed E-state index contributed by atoms with van der Waals surface area (Å²) in [6, 6.07) is 0.628. The summed E-state index contributed by atoms with van der Waals surface area (Å²) in [5, 5.41) is 3.49. The highest BCUT2D eigenvalue weighted by Gasteiger charge is 2.29. The molecular weight excluding hydrogens is 252 g/mol. The van der Waals surface area contributed by atoms with Gasteiger partial charge in [0.2, 0.25) is 0 Å². The van der Waals surface area contributed by atoms with Gasteiger partial charge in [0.15, 0.2) is 0 Å². The van der Waals surface area contributed by atoms with Crippen LogP contribution < -0.4 is 5.32 Å². The van der Waals surface area contributed by atoms with E-state index in [4.69, 9.17) is 4.74 Å². The lowest BCUT2D eigenvalue weighted by Crippen LogP contribution is -2.39. The minimum atomic E-state index is 0.0626. The van der Waals surface area contributed by atoms with Crippen molar-refractivity contribution in [1.29, 1.82) is 0 Å². The quantitative estimate of drug-likeness (QED) is 0.785. The highest BCUT2D eigenvalue weighted by molar-refractivity contribution is 5.72. The maximum absolute atomic E-state index is 12.2. The van der Waals surface area contributed by atoms with E-state index < -0.39 is 0 Å². The lowest BCUT2D eigenvalue weighted by Gasteiger charge is -2.32. The van der Waals surface area contributed by atoms with Crippen LogP contribution in [0.3, 0.4) is 0 Å². The molecule has 1 saturated carbocycles. The summed E-state index contributed by atoms with van der Waals surface area (Å²) >= 11 is 0. The van der Waals surface area contributed by atoms with E-state index in [0.717, 1.165) is 64.7 Å². The monoisotopic (exact) mass is 282 g/mol. The van der Waals surface area contributed by atoms with Crippen LogP contribution in [0.2, 0.25) is 0 Å². The van der Waals surface area contributed by atoms with Gasteiger partial charge in [0, 0.05) is 6.04 Å². The molecule has 1 saturated heterocycles. The Bertz CT molecular complexity index is 293. The van der Waals surface area contributed by atoms with Crippen LogP contribution in [0.25, 0.3) is 0 Å². The molecule has 1 heterocycles. The van der Waals surface area contributed by atoms with Crippen molar-refractivity contribution in [1.82, 2.24) is 10.2 Å². The van der Waals surface area contributed by atoms with E-state index in [2.05, 4.69) is 24.1 Å². The first-order chi connectivity index (χ1) is 9.72. The second-order valence-corrected chi connectivity index (χ2v) is 6.18. The van der Waals surface area contributed by atoms with Gasteiger partial charge in [-0.2, -0.15) is 0 Å². The van der Waals surface area contributed by atoms with Gasteiger partial charge in [-0.1, -0.05) is 13.8 Å². The molecule has 0 amide bonds. The average Bonchev–Trinajstić information content (AvgIpc) is 2.49. The second kappa shape index (κ2) is 7.99. The summed E-state index contributed by atoms with van der Waals surface area (Å²) in [4.78, 5) is 14.6. The molecule has 0 aromatic rings. The zero-order valence-electron chi connectivity index (χ0n) is 13.1. The third-order valence-electron chi connectivity index (χ3n) is 4.82. The first kappa shape index (κ1) is 15.8. The van der Waals surface area contributed by atoms with E-state index >= 15 is 0 Å². The summed E-state index contributed by atoms with van der Waals surface area (Å²) in [5.74, 6) is 0.206. The van der Waals surface area contributed by atoms with Gasteiger partial charge in [0.25, 0.3) is 0 Å². The smallest absolute Gasteiger partial charge is 0.309 e. The number of likely N-dealkylation sites (tertiary alicyclic amines) is 1. The lowest BCUT2D eigenvalue weighted by molar-refractivity contribution is -0.157. The van der Waals surface area contributed by atoms with Crippen LogP contribution in [-0.4, -0.2) is 49.2 Å². The van der Waals surface area contributed by atoms with Crippen LogP contribution in [0.5, 0.6) is 0 Å². The molecule has 4 nitrogen and oxygen atoms in total. The predicted octanol–water partition coefficient (Wildman–Crippen LogP) is 2.18. The fourth-order valence-electron chi connectivity index (χ4n) is 3.42. The largest absolute Gasteiger partial charge is 0.462 e. The van der Waals surface area contributed by atoms with Gasteiger partial charge in [-0.3, -0.25) is 4.79 Å². The fraction of sp³-hybridized carbons (Fsp3) is 0.938. The molecule has 0 radical (unpaired) electrons. The molecule has 0 aromatic carbocycles. The van der Waals surface area contributed by atoms with Crippen molar-refractivity contribution in [3.8, 4) is 0 Å². The van der Waals surface area contributed by atoms with Gasteiger partial charge in [-0.15, -0.1) is 0 Å². The summed E-state index contributed by atoms with van der Waals surface area (Å²) in [5.41, 5.74) is 0. The standard InChI is InChI=1S/C16H30N2O2/c1-3-17-14-5-7-15(8-6-14)20-16(19)13-9-11-18(4-2)12-10-13/h13-15,17H,3-12H2,1-2H3. The molecule has 0 spiro atoms. The van der Waals surface area contributed by atoms with Crippen molar-refractivity contribution >= 4 is 5.97 Å². The van der Waals surface area contributed by atoms with Crippen molar-refractivity contribution in [2.45, 2.75) is 64.5 Å². The first-order valence-electron chi connectivity index (χ1n) is 8.39. The zero-order valence-corrected chi connectivity index (χ0v) is 13.1. The SMILES string of the molecule is CCNC1CCC(OC(=O)C2CCN(CC)CC2)CC1. The van der Waals surface area contributed by atoms with Gasteiger partial charge >= 0.3 is 5.97 Å². The molecule has 4 heteroatoms. The molecule has 0 atom stereocenters. The summed E-state index contributed by atoms with van der Waals surface area (Å²) in [6.07, 6.45) is 6.44. The van der Waals surface area contributed by atoms with Crippen molar-refractivity contribution in [3.05, 3.63) is 0 Å². The molecule has 1 N–H and O–H groups in total. The number of carbonyl (C=O) groups is 1. The van der Waals surface area contributed by atoms with Crippen LogP contribution in [0.1, 0.15) is 52.4 Å². The zero-order chi connectivity index (χ0) is 14.4. The highest BCUT2D eigenvalue weighted by Crippen LogP contribution is 2.24. The summed E-state index contributed by atoms with van der Waals surface area (Å²) < 4.78 is 5.74. The fourth-order valence-corrected chi connectivity index (χ4v) is 3.42. The third kappa shape index (κ3) is 4.45. The number of ether oxygens (including phenoxy) is 1. The average molecular weight is 282 g/mol. The molecule has 0 unspecified atom stereocenters. The normalized spacial score (nSPS) is 29.3. The molecule has 2 aliphatic rings. The maximum atomic E-state index is 12.2. The minimum absolute atomic E-state index is 0.0626. The van der Waals surface area contributed by atoms with Gasteiger partial charge in [0.1, 0.15) is 6.10 Å². The van der Waals surface area contributed by atoms with E-state index in [1.807, 2.05) is 0 Å². The van der Waals surface area contributed by atoms with Crippen LogP contribution >= 0.6 is 0 Å². The maximum Gasteiger partial charge on any atom is 0.309 e. The minimum Gasteiger partial charge on any atom is -0.462 e. The van der Waals surface area contributed by atoms with Gasteiger partial charge in [0.05, 0.1) is 5.92 Å². The first-order valence-corrected chi connectivity index (χ1v) is 8.39. The van der Waals surface area contributed by atoms with Gasteiger partial charge in [-0.25, -0.2) is 0 Å². The number of hydrogen-bond donors (Lipinski definition) is 1. The Labute approximate surface area is 123 Å². The number of carbonyl (C=O) groups excluding carboxylic acids is 1. The number of hydrogen-bond acceptors (Lipinski definition) is 4. The Balaban J connectivity index is 1.68. The molecule has 1 aliphatic heterocycles. The Morgan fingerprint density at radius 2 is 1.75 bits per heavy atom. The molecule has 0 bridgehead atoms. The van der Waals surface area contributed by atoms with E-state index in [1.165, 1.54) is 0 Å². The molecule has 116 valence electrons. The topological polar surface area (TPSA) is 41.6 Å². The Morgan fingerprint density at radius 1 is 1.10 bits per heavy atom. The summed E-state index contributed by atoms with van der Waals surface area (Å²) in [7, 11) is 0. The summed E-state index contributed by atoms with van der Waals surface area (Å²) in [6.45, 7) is 8.55. The Hall–Kier alpha value is -0.610. The van der Waals surface area contributed by atoms with Crippen molar-refractivity contribution in [2.24, 2.45) is 5.92 Å². The molecule has 20 heavy (non-hydrogen) atoms. The van der Waals surface area contributed by atoms with Crippen LogP contribution in [-0.2, 0) is 9.53 Å². The number of esters is 1. The van der Waals surface area contributed by atoms with Crippen LogP contribution in [0.15, 0.2) is 0 Å². The van der Waals surface area contributed by atoms with E-state index in [-0.39, 0.29) is 18.0 Å². The molecule has 2 rings (SSSR count). The lowest BCUT2D eigenvalue weighted by atomic mass is 9.92. The van der Waals surface area contributed by atoms with Crippen molar-refractivity contribution in [3.63, 3.8) is 0 Å². The number of rotatable bonds is 5. The van der Waals surface area contributed by atoms with E-state index in [1.54, 1.807) is 0 Å². The predicted molar refractivity (Wildman–Crippen MR) is 80.7 cm³/mol. The van der Waals surface area contributed by atoms with Crippen molar-refractivity contribution < 1.29 is 9.53 Å². The molecular formula is C16H30N2O2. The van der Waals surface area contributed by atoms with E-state index in [9.17, 15) is 4.79 Å². The Morgan fingerprint density at radius 3 is 2.30 bits per heavy atom. The van der Waals surface area contributed by atoms with Crippen molar-refractivity contribution in [2.75, 3.05) is 26.2 Å². The molecule has 0 aromatic heterocycles. The van der Waals surface area contributed by atoms with Gasteiger partial charge in [-0.05, 0) is 64.7 Å². The van der Waals surface area contributed by atoms with E-state index in [0.29, 0.717) is 6.04 Å².